The summed E-state index contributed by atoms with van der Waals surface area (Å²) in [5, 5.41) is 0.417. The largest absolute Gasteiger partial charge is 0.452 e. The molecule has 1 aromatic heterocycles. The summed E-state index contributed by atoms with van der Waals surface area (Å²) >= 11 is 1.17. The van der Waals surface area contributed by atoms with Crippen molar-refractivity contribution in [2.24, 2.45) is 0 Å². The van der Waals surface area contributed by atoms with Crippen LogP contribution in [0.25, 0.3) is 11.1 Å². The number of fused-ring (bicyclic) bond motifs is 1. The van der Waals surface area contributed by atoms with Gasteiger partial charge in [0, 0.05) is 12.1 Å². The number of rotatable bonds is 5. The van der Waals surface area contributed by atoms with E-state index in [1.165, 1.54) is 11.8 Å². The molecule has 3 rings (SSSR count). The molecule has 0 radical (unpaired) electrons. The van der Waals surface area contributed by atoms with Crippen LogP contribution >= 0.6 is 11.8 Å². The van der Waals surface area contributed by atoms with E-state index in [4.69, 9.17) is 9.15 Å². The molecule has 2 aromatic rings. The summed E-state index contributed by atoms with van der Waals surface area (Å²) in [5.41, 5.74) is 1.43. The van der Waals surface area contributed by atoms with Gasteiger partial charge in [-0.2, -0.15) is 0 Å². The van der Waals surface area contributed by atoms with E-state index >= 15 is 0 Å². The molecule has 2 heterocycles. The third kappa shape index (κ3) is 4.20. The summed E-state index contributed by atoms with van der Waals surface area (Å²) < 4.78 is 10.9. The van der Waals surface area contributed by atoms with Gasteiger partial charge in [0.05, 0.1) is 0 Å². The van der Waals surface area contributed by atoms with Gasteiger partial charge in [-0.1, -0.05) is 23.9 Å². The lowest BCUT2D eigenvalue weighted by Gasteiger charge is -2.40. The Labute approximate surface area is 157 Å². The van der Waals surface area contributed by atoms with E-state index in [0.29, 0.717) is 10.8 Å². The number of amides is 1. The summed E-state index contributed by atoms with van der Waals surface area (Å²) in [6.45, 7) is 5.73. The second-order valence-electron chi connectivity index (χ2n) is 6.74. The number of likely N-dealkylation sites (tertiary alicyclic amines) is 1. The van der Waals surface area contributed by atoms with Crippen molar-refractivity contribution in [2.45, 2.75) is 63.4 Å². The Kier molecular flexibility index (Phi) is 5.86. The third-order valence-corrected chi connectivity index (χ3v) is 5.49. The first-order valence-electron chi connectivity index (χ1n) is 8.95. The maximum atomic E-state index is 12.7. The lowest BCUT2D eigenvalue weighted by molar-refractivity contribution is -0.160. The number of piperidine rings is 1. The summed E-state index contributed by atoms with van der Waals surface area (Å²) in [5.74, 6) is -0.518. The number of hydrogen-bond acceptors (Lipinski definition) is 6. The number of benzene rings is 1. The Balaban J connectivity index is 1.52. The first kappa shape index (κ1) is 18.8. The van der Waals surface area contributed by atoms with Crippen LogP contribution in [0.15, 0.2) is 33.9 Å². The van der Waals surface area contributed by atoms with E-state index in [9.17, 15) is 9.59 Å². The quantitative estimate of drug-likeness (QED) is 0.586. The summed E-state index contributed by atoms with van der Waals surface area (Å²) in [4.78, 5) is 30.9. The maximum absolute atomic E-state index is 12.7. The fourth-order valence-corrected chi connectivity index (χ4v) is 4.00. The van der Waals surface area contributed by atoms with Crippen molar-refractivity contribution in [1.29, 1.82) is 0 Å². The Morgan fingerprint density at radius 3 is 2.69 bits per heavy atom. The highest BCUT2D eigenvalue weighted by Gasteiger charge is 2.33. The molecule has 0 saturated carbocycles. The van der Waals surface area contributed by atoms with Gasteiger partial charge in [-0.25, -0.2) is 4.98 Å². The van der Waals surface area contributed by atoms with Crippen molar-refractivity contribution in [3.63, 3.8) is 0 Å². The van der Waals surface area contributed by atoms with Crippen LogP contribution in [0.4, 0.5) is 0 Å². The number of nitrogens with zero attached hydrogens (tertiary/aromatic N) is 2. The number of ether oxygens (including phenoxy) is 1. The number of carbonyl (C=O) groups is 2. The monoisotopic (exact) mass is 376 g/mol. The van der Waals surface area contributed by atoms with Gasteiger partial charge in [-0.3, -0.25) is 9.59 Å². The molecular formula is C19H24N2O4S. The van der Waals surface area contributed by atoms with Gasteiger partial charge in [-0.05, 0) is 52.2 Å². The molecule has 1 aliphatic heterocycles. The van der Waals surface area contributed by atoms with Gasteiger partial charge in [0.15, 0.2) is 11.7 Å². The fraction of sp³-hybridized carbons (Fsp3) is 0.526. The second kappa shape index (κ2) is 8.12. The number of oxazole rings is 1. The van der Waals surface area contributed by atoms with E-state index in [1.807, 2.05) is 43.0 Å². The van der Waals surface area contributed by atoms with Gasteiger partial charge in [0.1, 0.15) is 11.3 Å². The molecule has 0 unspecified atom stereocenters. The normalized spacial score (nSPS) is 21.6. The predicted octanol–water partition coefficient (Wildman–Crippen LogP) is 3.64. The van der Waals surface area contributed by atoms with Crippen LogP contribution in [-0.4, -0.2) is 45.7 Å². The van der Waals surface area contributed by atoms with E-state index in [2.05, 4.69) is 4.98 Å². The molecule has 1 aliphatic rings. The van der Waals surface area contributed by atoms with Crippen molar-refractivity contribution >= 4 is 34.7 Å². The van der Waals surface area contributed by atoms with Gasteiger partial charge >= 0.3 is 5.97 Å². The van der Waals surface area contributed by atoms with Crippen molar-refractivity contribution in [2.75, 3.05) is 5.75 Å². The van der Waals surface area contributed by atoms with Crippen LogP contribution in [0.5, 0.6) is 0 Å². The van der Waals surface area contributed by atoms with E-state index in [0.717, 1.165) is 24.8 Å². The third-order valence-electron chi connectivity index (χ3n) is 4.69. The average molecular weight is 376 g/mol. The Morgan fingerprint density at radius 1 is 1.31 bits per heavy atom. The summed E-state index contributed by atoms with van der Waals surface area (Å²) in [7, 11) is 0. The first-order valence-corrected chi connectivity index (χ1v) is 9.94. The van der Waals surface area contributed by atoms with Crippen molar-refractivity contribution < 1.29 is 18.7 Å². The predicted molar refractivity (Wildman–Crippen MR) is 99.9 cm³/mol. The molecule has 6 nitrogen and oxygen atoms in total. The zero-order valence-corrected chi connectivity index (χ0v) is 16.1. The van der Waals surface area contributed by atoms with Gasteiger partial charge in [0.2, 0.25) is 0 Å². The molecule has 1 fully saturated rings. The Morgan fingerprint density at radius 2 is 2.00 bits per heavy atom. The molecule has 0 bridgehead atoms. The average Bonchev–Trinajstić information content (AvgIpc) is 3.02. The fourth-order valence-electron chi connectivity index (χ4n) is 3.38. The molecule has 1 saturated heterocycles. The minimum absolute atomic E-state index is 0.0511. The second-order valence-corrected chi connectivity index (χ2v) is 7.67. The Bertz CT molecular complexity index is 748. The van der Waals surface area contributed by atoms with Gasteiger partial charge in [0.25, 0.3) is 11.1 Å². The number of thioether (sulfide) groups is 1. The lowest BCUT2D eigenvalue weighted by atomic mass is 9.97. The minimum Gasteiger partial charge on any atom is -0.452 e. The van der Waals surface area contributed by atoms with Crippen LogP contribution in [0, 0.1) is 0 Å². The molecule has 7 heteroatoms. The molecule has 0 spiro atoms. The number of carbonyl (C=O) groups excluding carboxylic acids is 2. The molecular weight excluding hydrogens is 352 g/mol. The van der Waals surface area contributed by atoms with E-state index in [1.54, 1.807) is 6.92 Å². The maximum Gasteiger partial charge on any atom is 0.317 e. The number of para-hydroxylation sites is 2. The number of hydrogen-bond donors (Lipinski definition) is 0. The standard InChI is InChI=1S/C19H24N2O4S/c1-12-7-6-8-13(2)21(12)18(23)14(3)24-17(22)11-26-19-20-15-9-4-5-10-16(15)25-19/h4-5,9-10,12-14H,6-8,11H2,1-3H3/t12-,13+,14-/m1/s1. The Hall–Kier alpha value is -2.02. The SMILES string of the molecule is C[C@@H]1CCC[C@H](C)N1C(=O)[C@@H](C)OC(=O)CSc1nc2ccccc2o1. The highest BCUT2D eigenvalue weighted by atomic mass is 32.2. The lowest BCUT2D eigenvalue weighted by Crippen LogP contribution is -2.51. The van der Waals surface area contributed by atoms with E-state index < -0.39 is 12.1 Å². The van der Waals surface area contributed by atoms with Crippen LogP contribution < -0.4 is 0 Å². The van der Waals surface area contributed by atoms with Crippen LogP contribution in [0.3, 0.4) is 0 Å². The molecule has 3 atom stereocenters. The van der Waals surface area contributed by atoms with E-state index in [-0.39, 0.29) is 23.7 Å². The summed E-state index contributed by atoms with van der Waals surface area (Å²) in [6, 6.07) is 7.79. The van der Waals surface area contributed by atoms with Crippen LogP contribution in [0.2, 0.25) is 0 Å². The molecule has 0 N–H and O–H groups in total. The molecule has 26 heavy (non-hydrogen) atoms. The zero-order chi connectivity index (χ0) is 18.7. The van der Waals surface area contributed by atoms with Crippen LogP contribution in [0.1, 0.15) is 40.0 Å². The molecule has 140 valence electrons. The highest BCUT2D eigenvalue weighted by Crippen LogP contribution is 2.25. The number of esters is 1. The summed E-state index contributed by atoms with van der Waals surface area (Å²) in [6.07, 6.45) is 2.32. The minimum atomic E-state index is -0.783. The highest BCUT2D eigenvalue weighted by molar-refractivity contribution is 7.99. The van der Waals surface area contributed by atoms with Crippen molar-refractivity contribution in [3.8, 4) is 0 Å². The number of aromatic nitrogens is 1. The van der Waals surface area contributed by atoms with Crippen molar-refractivity contribution in [1.82, 2.24) is 9.88 Å². The smallest absolute Gasteiger partial charge is 0.317 e. The van der Waals surface area contributed by atoms with Crippen molar-refractivity contribution in [3.05, 3.63) is 24.3 Å². The molecule has 0 aliphatic carbocycles. The molecule has 1 aromatic carbocycles. The zero-order valence-electron chi connectivity index (χ0n) is 15.3. The molecule has 1 amide bonds. The topological polar surface area (TPSA) is 72.6 Å². The van der Waals surface area contributed by atoms with Gasteiger partial charge in [-0.15, -0.1) is 0 Å². The van der Waals surface area contributed by atoms with Gasteiger partial charge < -0.3 is 14.1 Å². The van der Waals surface area contributed by atoms with Crippen LogP contribution in [-0.2, 0) is 14.3 Å². The first-order chi connectivity index (χ1) is 12.5.